The van der Waals surface area contributed by atoms with E-state index in [1.165, 1.54) is 30.9 Å². The Bertz CT molecular complexity index is 665. The number of alkyl halides is 3. The predicted octanol–water partition coefficient (Wildman–Crippen LogP) is 2.30. The van der Waals surface area contributed by atoms with Gasteiger partial charge in [0.15, 0.2) is 6.61 Å². The molecular formula is C14H13F3N4O2. The maximum atomic E-state index is 12.1. The average Bonchev–Trinajstić information content (AvgIpc) is 2.53. The van der Waals surface area contributed by atoms with Crippen molar-refractivity contribution in [2.45, 2.75) is 19.1 Å². The summed E-state index contributed by atoms with van der Waals surface area (Å²) in [5.41, 5.74) is 0.691. The molecule has 0 aromatic carbocycles. The number of aromatic nitrogens is 3. The summed E-state index contributed by atoms with van der Waals surface area (Å²) in [5, 5.41) is 2.67. The zero-order chi connectivity index (χ0) is 16.9. The zero-order valence-corrected chi connectivity index (χ0v) is 12.0. The van der Waals surface area contributed by atoms with E-state index in [0.29, 0.717) is 5.56 Å². The lowest BCUT2D eigenvalue weighted by atomic mass is 10.1. The second-order valence-corrected chi connectivity index (χ2v) is 4.62. The molecule has 1 N–H and O–H groups in total. The van der Waals surface area contributed by atoms with Crippen molar-refractivity contribution in [2.24, 2.45) is 0 Å². The van der Waals surface area contributed by atoms with Gasteiger partial charge in [0.25, 0.3) is 5.91 Å². The van der Waals surface area contributed by atoms with Gasteiger partial charge in [0, 0.05) is 24.7 Å². The van der Waals surface area contributed by atoms with Crippen molar-refractivity contribution in [1.29, 1.82) is 0 Å². The molecule has 0 bridgehead atoms. The molecule has 0 saturated carbocycles. The maximum absolute atomic E-state index is 12.1. The lowest BCUT2D eigenvalue weighted by molar-refractivity contribution is -0.154. The molecule has 0 aliphatic carbocycles. The number of ether oxygens (including phenoxy) is 1. The van der Waals surface area contributed by atoms with Gasteiger partial charge in [0.05, 0.1) is 12.2 Å². The Morgan fingerprint density at radius 3 is 2.74 bits per heavy atom. The summed E-state index contributed by atoms with van der Waals surface area (Å²) in [6.45, 7) is 0.251. The van der Waals surface area contributed by atoms with Crippen LogP contribution >= 0.6 is 0 Å². The molecule has 2 heterocycles. The summed E-state index contributed by atoms with van der Waals surface area (Å²) in [4.78, 5) is 23.3. The average molecular weight is 326 g/mol. The number of amides is 1. The van der Waals surface area contributed by atoms with Crippen molar-refractivity contribution in [3.8, 4) is 5.88 Å². The number of pyridine rings is 1. The van der Waals surface area contributed by atoms with Crippen LogP contribution in [0.5, 0.6) is 5.88 Å². The summed E-state index contributed by atoms with van der Waals surface area (Å²) in [7, 11) is 0. The Labute approximate surface area is 129 Å². The molecule has 0 aliphatic rings. The molecule has 2 aromatic heterocycles. The van der Waals surface area contributed by atoms with Crippen LogP contribution in [-0.2, 0) is 0 Å². The number of rotatable bonds is 5. The smallest absolute Gasteiger partial charge is 0.422 e. The zero-order valence-electron chi connectivity index (χ0n) is 12.0. The molecule has 6 nitrogen and oxygen atoms in total. The molecule has 0 fully saturated rings. The highest BCUT2D eigenvalue weighted by molar-refractivity contribution is 5.92. The van der Waals surface area contributed by atoms with Crippen LogP contribution in [0, 0.1) is 0 Å². The minimum Gasteiger partial charge on any atom is -0.468 e. The Balaban J connectivity index is 2.02. The Hall–Kier alpha value is -2.71. The van der Waals surface area contributed by atoms with Crippen LogP contribution in [0.3, 0.4) is 0 Å². The minimum absolute atomic E-state index is 0.141. The van der Waals surface area contributed by atoms with Crippen molar-refractivity contribution >= 4 is 5.91 Å². The van der Waals surface area contributed by atoms with E-state index in [-0.39, 0.29) is 11.6 Å². The number of carbonyl (C=O) groups is 1. The first-order valence-electron chi connectivity index (χ1n) is 6.57. The normalized spacial score (nSPS) is 12.5. The van der Waals surface area contributed by atoms with Gasteiger partial charge in [0.1, 0.15) is 5.69 Å². The molecule has 0 spiro atoms. The molecule has 2 rings (SSSR count). The number of hydrogen-bond donors (Lipinski definition) is 1. The quantitative estimate of drug-likeness (QED) is 0.912. The summed E-state index contributed by atoms with van der Waals surface area (Å²) in [5.74, 6) is -0.611. The highest BCUT2D eigenvalue weighted by Crippen LogP contribution is 2.20. The third-order valence-electron chi connectivity index (χ3n) is 2.79. The van der Waals surface area contributed by atoms with Crippen molar-refractivity contribution in [2.75, 3.05) is 6.61 Å². The van der Waals surface area contributed by atoms with Gasteiger partial charge in [-0.15, -0.1) is 0 Å². The van der Waals surface area contributed by atoms with Gasteiger partial charge in [-0.1, -0.05) is 0 Å². The van der Waals surface area contributed by atoms with E-state index >= 15 is 0 Å². The molecule has 0 aliphatic heterocycles. The lowest BCUT2D eigenvalue weighted by Gasteiger charge is -2.15. The number of halogens is 3. The first kappa shape index (κ1) is 16.7. The van der Waals surface area contributed by atoms with Crippen LogP contribution < -0.4 is 10.1 Å². The maximum Gasteiger partial charge on any atom is 0.422 e. The number of carbonyl (C=O) groups excluding carboxylic acids is 1. The second-order valence-electron chi connectivity index (χ2n) is 4.62. The number of nitrogens with zero attached hydrogens (tertiary/aromatic N) is 3. The largest absolute Gasteiger partial charge is 0.468 e. The molecule has 23 heavy (non-hydrogen) atoms. The van der Waals surface area contributed by atoms with Gasteiger partial charge in [-0.3, -0.25) is 9.78 Å². The number of hydrogen-bond acceptors (Lipinski definition) is 5. The van der Waals surface area contributed by atoms with Gasteiger partial charge in [-0.2, -0.15) is 13.2 Å². The van der Waals surface area contributed by atoms with E-state index in [1.807, 2.05) is 0 Å². The summed E-state index contributed by atoms with van der Waals surface area (Å²) >= 11 is 0. The molecule has 1 unspecified atom stereocenters. The topological polar surface area (TPSA) is 77.0 Å². The van der Waals surface area contributed by atoms with Crippen molar-refractivity contribution in [3.05, 3.63) is 48.2 Å². The minimum atomic E-state index is -4.44. The van der Waals surface area contributed by atoms with E-state index in [2.05, 4.69) is 25.0 Å². The van der Waals surface area contributed by atoms with E-state index < -0.39 is 24.7 Å². The van der Waals surface area contributed by atoms with Gasteiger partial charge in [0.2, 0.25) is 5.88 Å². The standard InChI is InChI=1S/C14H13F3N4O2/c1-9(21-13(22)11-7-18-4-5-19-11)10-2-3-20-12(6-10)23-8-14(15,16)17/h2-7,9H,8H2,1H3,(H,21,22). The van der Waals surface area contributed by atoms with E-state index in [4.69, 9.17) is 0 Å². The lowest BCUT2D eigenvalue weighted by Crippen LogP contribution is -2.27. The van der Waals surface area contributed by atoms with E-state index in [0.717, 1.165) is 0 Å². The monoisotopic (exact) mass is 326 g/mol. The molecule has 0 radical (unpaired) electrons. The molecule has 2 aromatic rings. The highest BCUT2D eigenvalue weighted by atomic mass is 19.4. The summed E-state index contributed by atoms with van der Waals surface area (Å²) in [6.07, 6.45) is 1.00. The van der Waals surface area contributed by atoms with Gasteiger partial charge < -0.3 is 10.1 Å². The van der Waals surface area contributed by atoms with Gasteiger partial charge in [-0.05, 0) is 18.6 Å². The van der Waals surface area contributed by atoms with Crippen LogP contribution in [0.4, 0.5) is 13.2 Å². The fraction of sp³-hybridized carbons (Fsp3) is 0.286. The Morgan fingerprint density at radius 1 is 1.30 bits per heavy atom. The van der Waals surface area contributed by atoms with Crippen LogP contribution in [0.2, 0.25) is 0 Å². The fourth-order valence-corrected chi connectivity index (χ4v) is 1.70. The molecule has 9 heteroatoms. The first-order chi connectivity index (χ1) is 10.8. The molecule has 1 atom stereocenters. The molecule has 0 saturated heterocycles. The third kappa shape index (κ3) is 5.20. The fourth-order valence-electron chi connectivity index (χ4n) is 1.70. The third-order valence-corrected chi connectivity index (χ3v) is 2.79. The molecular weight excluding hydrogens is 313 g/mol. The molecule has 1 amide bonds. The molecule has 122 valence electrons. The summed E-state index contributed by atoms with van der Waals surface area (Å²) in [6, 6.07) is 2.44. The SMILES string of the molecule is CC(NC(=O)c1cnccn1)c1ccnc(OCC(F)(F)F)c1. The van der Waals surface area contributed by atoms with Gasteiger partial charge in [-0.25, -0.2) is 9.97 Å². The van der Waals surface area contributed by atoms with Crippen LogP contribution in [0.15, 0.2) is 36.9 Å². The Morgan fingerprint density at radius 2 is 2.09 bits per heavy atom. The van der Waals surface area contributed by atoms with Crippen LogP contribution in [0.25, 0.3) is 0 Å². The van der Waals surface area contributed by atoms with Gasteiger partial charge >= 0.3 is 6.18 Å². The Kier molecular flexibility index (Phi) is 5.09. The van der Waals surface area contributed by atoms with Crippen molar-refractivity contribution in [1.82, 2.24) is 20.3 Å². The van der Waals surface area contributed by atoms with E-state index in [9.17, 15) is 18.0 Å². The van der Waals surface area contributed by atoms with Crippen LogP contribution in [0.1, 0.15) is 29.0 Å². The highest BCUT2D eigenvalue weighted by Gasteiger charge is 2.28. The number of nitrogens with one attached hydrogen (secondary N) is 1. The van der Waals surface area contributed by atoms with Crippen LogP contribution in [-0.4, -0.2) is 33.6 Å². The second kappa shape index (κ2) is 7.03. The first-order valence-corrected chi connectivity index (χ1v) is 6.57. The van der Waals surface area contributed by atoms with E-state index in [1.54, 1.807) is 13.0 Å². The predicted molar refractivity (Wildman–Crippen MR) is 73.7 cm³/mol. The van der Waals surface area contributed by atoms with Crippen molar-refractivity contribution < 1.29 is 22.7 Å². The van der Waals surface area contributed by atoms with Crippen molar-refractivity contribution in [3.63, 3.8) is 0 Å². The summed E-state index contributed by atoms with van der Waals surface area (Å²) < 4.78 is 41.0.